The summed E-state index contributed by atoms with van der Waals surface area (Å²) in [5, 5.41) is 2.47. The van der Waals surface area contributed by atoms with Crippen LogP contribution < -0.4 is 5.32 Å². The molecule has 8 nitrogen and oxygen atoms in total. The quantitative estimate of drug-likeness (QED) is 0.647. The van der Waals surface area contributed by atoms with E-state index in [1.807, 2.05) is 0 Å². The van der Waals surface area contributed by atoms with Gasteiger partial charge in [0.15, 0.2) is 0 Å². The van der Waals surface area contributed by atoms with Crippen LogP contribution in [0.25, 0.3) is 0 Å². The Labute approximate surface area is 186 Å². The van der Waals surface area contributed by atoms with Gasteiger partial charge in [-0.2, -0.15) is 0 Å². The second kappa shape index (κ2) is 9.47. The Balaban J connectivity index is 1.71. The molecule has 1 aliphatic rings. The topological polar surface area (TPSA) is 104 Å². The second-order valence-electron chi connectivity index (χ2n) is 7.39. The highest BCUT2D eigenvalue weighted by Gasteiger charge is 2.40. The molecule has 0 fully saturated rings. The summed E-state index contributed by atoms with van der Waals surface area (Å²) < 4.78 is 40.2. The smallest absolute Gasteiger partial charge is 0.269 e. The van der Waals surface area contributed by atoms with Gasteiger partial charge in [-0.25, -0.2) is 17.1 Å². The van der Waals surface area contributed by atoms with Gasteiger partial charge in [0.2, 0.25) is 11.8 Å². The molecule has 0 saturated carbocycles. The van der Waals surface area contributed by atoms with Gasteiger partial charge in [-0.1, -0.05) is 30.3 Å². The van der Waals surface area contributed by atoms with Crippen molar-refractivity contribution in [1.29, 1.82) is 0 Å². The molecule has 2 aromatic rings. The molecular formula is C22H24FN3O5S. The summed E-state index contributed by atoms with van der Waals surface area (Å²) in [7, 11) is -2.52. The Morgan fingerprint density at radius 1 is 1.12 bits per heavy atom. The molecule has 0 aromatic heterocycles. The van der Waals surface area contributed by atoms with Crippen LogP contribution in [0.4, 0.5) is 4.39 Å². The van der Waals surface area contributed by atoms with Crippen LogP contribution >= 0.6 is 0 Å². The first kappa shape index (κ1) is 23.4. The highest BCUT2D eigenvalue weighted by molar-refractivity contribution is 7.90. The number of fused-ring (bicyclic) bond motifs is 1. The number of benzene rings is 2. The van der Waals surface area contributed by atoms with Crippen LogP contribution in [0.5, 0.6) is 0 Å². The molecule has 0 saturated heterocycles. The van der Waals surface area contributed by atoms with Crippen molar-refractivity contribution in [3.63, 3.8) is 0 Å². The van der Waals surface area contributed by atoms with E-state index >= 15 is 0 Å². The third kappa shape index (κ3) is 4.50. The summed E-state index contributed by atoms with van der Waals surface area (Å²) in [5.74, 6) is -2.00. The Kier molecular flexibility index (Phi) is 6.93. The minimum atomic E-state index is -3.96. The summed E-state index contributed by atoms with van der Waals surface area (Å²) in [6.07, 6.45) is -0.0581. The van der Waals surface area contributed by atoms with Gasteiger partial charge >= 0.3 is 0 Å². The predicted molar refractivity (Wildman–Crippen MR) is 114 cm³/mol. The lowest BCUT2D eigenvalue weighted by molar-refractivity contribution is -0.140. The van der Waals surface area contributed by atoms with E-state index in [1.54, 1.807) is 12.1 Å². The molecule has 3 amide bonds. The molecule has 0 radical (unpaired) electrons. The standard InChI is InChI=1S/C22H24FN3O5S/c1-15(21(28)24-2)25(14-16-8-3-5-10-18(16)23)20(27)12-7-13-26-22(29)17-9-4-6-11-19(17)32(26,30)31/h3-6,8-11,15H,7,12-14H2,1-2H3,(H,24,28)/t15-/m0/s1. The van der Waals surface area contributed by atoms with E-state index in [4.69, 9.17) is 0 Å². The zero-order valence-electron chi connectivity index (χ0n) is 17.7. The van der Waals surface area contributed by atoms with E-state index in [0.717, 1.165) is 4.31 Å². The molecule has 10 heteroatoms. The molecule has 1 N–H and O–H groups in total. The van der Waals surface area contributed by atoms with Crippen molar-refractivity contribution in [2.24, 2.45) is 0 Å². The molecule has 0 bridgehead atoms. The van der Waals surface area contributed by atoms with Crippen LogP contribution in [0.1, 0.15) is 35.7 Å². The number of sulfonamides is 1. The maximum atomic E-state index is 14.1. The summed E-state index contributed by atoms with van der Waals surface area (Å²) in [5.41, 5.74) is 0.359. The number of carbonyl (C=O) groups excluding carboxylic acids is 3. The average molecular weight is 462 g/mol. The normalized spacial score (nSPS) is 15.2. The summed E-state index contributed by atoms with van der Waals surface area (Å²) >= 11 is 0. The van der Waals surface area contributed by atoms with Crippen molar-refractivity contribution in [2.45, 2.75) is 37.2 Å². The molecule has 1 heterocycles. The first-order valence-corrected chi connectivity index (χ1v) is 11.5. The molecule has 3 rings (SSSR count). The molecule has 32 heavy (non-hydrogen) atoms. The number of nitrogens with one attached hydrogen (secondary N) is 1. The fraction of sp³-hybridized carbons (Fsp3) is 0.318. The van der Waals surface area contributed by atoms with Gasteiger partial charge in [-0.05, 0) is 31.5 Å². The Morgan fingerprint density at radius 3 is 2.44 bits per heavy atom. The Hall–Kier alpha value is -3.27. The van der Waals surface area contributed by atoms with Gasteiger partial charge in [0.05, 0.1) is 5.56 Å². The molecule has 0 spiro atoms. The third-order valence-electron chi connectivity index (χ3n) is 5.38. The molecule has 0 unspecified atom stereocenters. The van der Waals surface area contributed by atoms with Crippen LogP contribution in [-0.4, -0.2) is 55.0 Å². The average Bonchev–Trinajstić information content (AvgIpc) is 2.98. The third-order valence-corrected chi connectivity index (χ3v) is 7.22. The maximum absolute atomic E-state index is 14.1. The SMILES string of the molecule is CNC(=O)[C@H](C)N(Cc1ccccc1F)C(=O)CCCN1C(=O)c2ccccc2S1(=O)=O. The van der Waals surface area contributed by atoms with Gasteiger partial charge in [-0.3, -0.25) is 14.4 Å². The van der Waals surface area contributed by atoms with Gasteiger partial charge in [0.1, 0.15) is 16.8 Å². The zero-order chi connectivity index (χ0) is 23.5. The number of halogens is 1. The molecule has 0 aliphatic carbocycles. The van der Waals surface area contributed by atoms with E-state index < -0.39 is 39.6 Å². The van der Waals surface area contributed by atoms with Crippen LogP contribution in [0.2, 0.25) is 0 Å². The van der Waals surface area contributed by atoms with Crippen molar-refractivity contribution in [3.8, 4) is 0 Å². The van der Waals surface area contributed by atoms with E-state index in [1.165, 1.54) is 55.3 Å². The zero-order valence-corrected chi connectivity index (χ0v) is 18.6. The molecule has 1 aliphatic heterocycles. The summed E-state index contributed by atoms with van der Waals surface area (Å²) in [6.45, 7) is 1.23. The maximum Gasteiger partial charge on any atom is 0.269 e. The van der Waals surface area contributed by atoms with Gasteiger partial charge in [0, 0.05) is 32.1 Å². The number of nitrogens with zero attached hydrogens (tertiary/aromatic N) is 2. The van der Waals surface area contributed by atoms with Gasteiger partial charge < -0.3 is 10.2 Å². The van der Waals surface area contributed by atoms with E-state index in [0.29, 0.717) is 0 Å². The molecular weight excluding hydrogens is 437 g/mol. The van der Waals surface area contributed by atoms with Crippen molar-refractivity contribution >= 4 is 27.7 Å². The van der Waals surface area contributed by atoms with Crippen molar-refractivity contribution in [3.05, 3.63) is 65.5 Å². The summed E-state index contributed by atoms with van der Waals surface area (Å²) in [4.78, 5) is 38.8. The van der Waals surface area contributed by atoms with E-state index in [-0.39, 0.29) is 42.0 Å². The van der Waals surface area contributed by atoms with Crippen molar-refractivity contribution in [1.82, 2.24) is 14.5 Å². The Morgan fingerprint density at radius 2 is 1.78 bits per heavy atom. The minimum Gasteiger partial charge on any atom is -0.357 e. The highest BCUT2D eigenvalue weighted by atomic mass is 32.2. The van der Waals surface area contributed by atoms with Crippen LogP contribution in [0, 0.1) is 5.82 Å². The predicted octanol–water partition coefficient (Wildman–Crippen LogP) is 1.91. The monoisotopic (exact) mass is 461 g/mol. The first-order chi connectivity index (χ1) is 15.2. The van der Waals surface area contributed by atoms with Gasteiger partial charge in [-0.15, -0.1) is 0 Å². The van der Waals surface area contributed by atoms with Crippen LogP contribution in [-0.2, 0) is 26.2 Å². The van der Waals surface area contributed by atoms with Crippen molar-refractivity contribution in [2.75, 3.05) is 13.6 Å². The van der Waals surface area contributed by atoms with Crippen LogP contribution in [0.15, 0.2) is 53.4 Å². The lowest BCUT2D eigenvalue weighted by Crippen LogP contribution is -2.47. The minimum absolute atomic E-state index is 0.0502. The Bertz CT molecular complexity index is 1150. The van der Waals surface area contributed by atoms with E-state index in [9.17, 15) is 27.2 Å². The largest absolute Gasteiger partial charge is 0.357 e. The number of hydrogen-bond donors (Lipinski definition) is 1. The molecule has 1 atom stereocenters. The van der Waals surface area contributed by atoms with Gasteiger partial charge in [0.25, 0.3) is 15.9 Å². The van der Waals surface area contributed by atoms with E-state index in [2.05, 4.69) is 5.32 Å². The fourth-order valence-corrected chi connectivity index (χ4v) is 5.18. The fourth-order valence-electron chi connectivity index (χ4n) is 3.57. The molecule has 170 valence electrons. The lowest BCUT2D eigenvalue weighted by Gasteiger charge is -2.28. The van der Waals surface area contributed by atoms with Crippen molar-refractivity contribution < 1.29 is 27.2 Å². The number of rotatable bonds is 8. The number of likely N-dealkylation sites (N-methyl/N-ethyl adjacent to an activating group) is 1. The number of hydrogen-bond acceptors (Lipinski definition) is 5. The number of amides is 3. The lowest BCUT2D eigenvalue weighted by atomic mass is 10.1. The first-order valence-electron chi connectivity index (χ1n) is 10.1. The summed E-state index contributed by atoms with van der Waals surface area (Å²) in [6, 6.07) is 11.0. The number of carbonyl (C=O) groups is 3. The van der Waals surface area contributed by atoms with Crippen LogP contribution in [0.3, 0.4) is 0 Å². The second-order valence-corrected chi connectivity index (χ2v) is 9.22. The molecule has 2 aromatic carbocycles. The highest BCUT2D eigenvalue weighted by Crippen LogP contribution is 2.30.